The quantitative estimate of drug-likeness (QED) is 0.866. The zero-order valence-electron chi connectivity index (χ0n) is 14.6. The molecule has 0 bridgehead atoms. The Balaban J connectivity index is 1.44. The van der Waals surface area contributed by atoms with Crippen molar-refractivity contribution in [2.45, 2.75) is 13.3 Å². The van der Waals surface area contributed by atoms with Gasteiger partial charge in [0.05, 0.1) is 0 Å². The van der Waals surface area contributed by atoms with E-state index in [1.165, 1.54) is 12.1 Å². The SMILES string of the molecule is Cc1ccc(OCC(=O)NC[C@H]2CC(=O)N(c3ccc(F)cc3)C2)cc1. The molecule has 1 N–H and O–H groups in total. The van der Waals surface area contributed by atoms with E-state index in [1.54, 1.807) is 17.0 Å². The van der Waals surface area contributed by atoms with E-state index in [1.807, 2.05) is 31.2 Å². The molecule has 2 aromatic rings. The van der Waals surface area contributed by atoms with Gasteiger partial charge in [-0.2, -0.15) is 0 Å². The maximum atomic E-state index is 13.0. The van der Waals surface area contributed by atoms with Crippen molar-refractivity contribution in [2.24, 2.45) is 5.92 Å². The Bertz CT molecular complexity index is 775. The van der Waals surface area contributed by atoms with Gasteiger partial charge in [-0.15, -0.1) is 0 Å². The molecule has 6 heteroatoms. The fourth-order valence-corrected chi connectivity index (χ4v) is 2.88. The van der Waals surface area contributed by atoms with Gasteiger partial charge in [0, 0.05) is 31.1 Å². The van der Waals surface area contributed by atoms with Gasteiger partial charge >= 0.3 is 0 Å². The molecule has 2 amide bonds. The zero-order valence-corrected chi connectivity index (χ0v) is 14.6. The van der Waals surface area contributed by atoms with E-state index in [2.05, 4.69) is 5.32 Å². The van der Waals surface area contributed by atoms with Gasteiger partial charge in [0.15, 0.2) is 6.61 Å². The Morgan fingerprint density at radius 2 is 1.88 bits per heavy atom. The van der Waals surface area contributed by atoms with Crippen molar-refractivity contribution in [1.82, 2.24) is 5.32 Å². The van der Waals surface area contributed by atoms with Crippen LogP contribution >= 0.6 is 0 Å². The molecule has 0 aromatic heterocycles. The van der Waals surface area contributed by atoms with E-state index >= 15 is 0 Å². The van der Waals surface area contributed by atoms with Crippen LogP contribution in [0.4, 0.5) is 10.1 Å². The second-order valence-corrected chi connectivity index (χ2v) is 6.46. The summed E-state index contributed by atoms with van der Waals surface area (Å²) in [6.45, 7) is 2.82. The Hall–Kier alpha value is -2.89. The van der Waals surface area contributed by atoms with Crippen molar-refractivity contribution in [2.75, 3.05) is 24.6 Å². The number of hydrogen-bond acceptors (Lipinski definition) is 3. The summed E-state index contributed by atoms with van der Waals surface area (Å²) in [6, 6.07) is 13.3. The molecule has 0 spiro atoms. The minimum Gasteiger partial charge on any atom is -0.484 e. The van der Waals surface area contributed by atoms with Crippen LogP contribution in [0.25, 0.3) is 0 Å². The van der Waals surface area contributed by atoms with Gasteiger partial charge in [-0.3, -0.25) is 9.59 Å². The predicted octanol–water partition coefficient (Wildman–Crippen LogP) is 2.68. The molecular weight excluding hydrogens is 335 g/mol. The standard InChI is InChI=1S/C20H21FN2O3/c1-14-2-8-18(9-3-14)26-13-19(24)22-11-15-10-20(25)23(12-15)17-6-4-16(21)5-7-17/h2-9,15H,10-13H2,1H3,(H,22,24)/t15-/m1/s1. The third-order valence-corrected chi connectivity index (χ3v) is 4.32. The maximum absolute atomic E-state index is 13.0. The van der Waals surface area contributed by atoms with Crippen LogP contribution in [0.15, 0.2) is 48.5 Å². The summed E-state index contributed by atoms with van der Waals surface area (Å²) in [5.74, 6) is 0.0861. The normalized spacial score (nSPS) is 16.6. The van der Waals surface area contributed by atoms with Crippen molar-refractivity contribution in [3.8, 4) is 5.75 Å². The van der Waals surface area contributed by atoms with Crippen LogP contribution in [-0.2, 0) is 9.59 Å². The molecule has 0 radical (unpaired) electrons. The molecule has 136 valence electrons. The van der Waals surface area contributed by atoms with Crippen LogP contribution in [0.3, 0.4) is 0 Å². The smallest absolute Gasteiger partial charge is 0.257 e. The highest BCUT2D eigenvalue weighted by Gasteiger charge is 2.30. The molecule has 1 atom stereocenters. The Labute approximate surface area is 151 Å². The number of ether oxygens (including phenoxy) is 1. The molecule has 3 rings (SSSR count). The van der Waals surface area contributed by atoms with Crippen molar-refractivity contribution in [1.29, 1.82) is 0 Å². The Kier molecular flexibility index (Phi) is 5.51. The number of rotatable bonds is 6. The third kappa shape index (κ3) is 4.59. The summed E-state index contributed by atoms with van der Waals surface area (Å²) >= 11 is 0. The highest BCUT2D eigenvalue weighted by molar-refractivity contribution is 5.95. The second-order valence-electron chi connectivity index (χ2n) is 6.46. The fourth-order valence-electron chi connectivity index (χ4n) is 2.88. The molecule has 1 aliphatic heterocycles. The second kappa shape index (κ2) is 7.99. The van der Waals surface area contributed by atoms with E-state index < -0.39 is 0 Å². The maximum Gasteiger partial charge on any atom is 0.257 e. The molecule has 0 aliphatic carbocycles. The zero-order chi connectivity index (χ0) is 18.5. The third-order valence-electron chi connectivity index (χ3n) is 4.32. The Morgan fingerprint density at radius 1 is 1.19 bits per heavy atom. The minimum atomic E-state index is -0.335. The van der Waals surface area contributed by atoms with Crippen LogP contribution in [0, 0.1) is 18.7 Å². The van der Waals surface area contributed by atoms with Crippen molar-refractivity contribution >= 4 is 17.5 Å². The van der Waals surface area contributed by atoms with Gasteiger partial charge in [0.1, 0.15) is 11.6 Å². The molecule has 5 nitrogen and oxygen atoms in total. The summed E-state index contributed by atoms with van der Waals surface area (Å²) in [7, 11) is 0. The van der Waals surface area contributed by atoms with E-state index in [4.69, 9.17) is 4.74 Å². The number of benzene rings is 2. The lowest BCUT2D eigenvalue weighted by Crippen LogP contribution is -2.34. The number of hydrogen-bond donors (Lipinski definition) is 1. The number of aryl methyl sites for hydroxylation is 1. The van der Waals surface area contributed by atoms with Gasteiger partial charge in [0.2, 0.25) is 5.91 Å². The first-order chi connectivity index (χ1) is 12.5. The molecule has 2 aromatic carbocycles. The lowest BCUT2D eigenvalue weighted by Gasteiger charge is -2.17. The summed E-state index contributed by atoms with van der Waals surface area (Å²) in [4.78, 5) is 25.7. The first-order valence-electron chi connectivity index (χ1n) is 8.53. The van der Waals surface area contributed by atoms with Crippen molar-refractivity contribution in [3.05, 3.63) is 59.9 Å². The predicted molar refractivity (Wildman–Crippen MR) is 96.5 cm³/mol. The summed E-state index contributed by atoms with van der Waals surface area (Å²) in [6.07, 6.45) is 0.358. The van der Waals surface area contributed by atoms with Crippen LogP contribution in [0.5, 0.6) is 5.75 Å². The number of carbonyl (C=O) groups is 2. The van der Waals surface area contributed by atoms with E-state index in [-0.39, 0.29) is 30.2 Å². The summed E-state index contributed by atoms with van der Waals surface area (Å²) < 4.78 is 18.4. The monoisotopic (exact) mass is 356 g/mol. The molecule has 1 heterocycles. The van der Waals surface area contributed by atoms with E-state index in [0.29, 0.717) is 30.9 Å². The van der Waals surface area contributed by atoms with Crippen LogP contribution in [0.1, 0.15) is 12.0 Å². The van der Waals surface area contributed by atoms with Crippen molar-refractivity contribution in [3.63, 3.8) is 0 Å². The Morgan fingerprint density at radius 3 is 2.58 bits per heavy atom. The summed E-state index contributed by atoms with van der Waals surface area (Å²) in [5.41, 5.74) is 1.80. The number of halogens is 1. The fraction of sp³-hybridized carbons (Fsp3) is 0.300. The van der Waals surface area contributed by atoms with Crippen molar-refractivity contribution < 1.29 is 18.7 Å². The first-order valence-corrected chi connectivity index (χ1v) is 8.53. The minimum absolute atomic E-state index is 0.0215. The van der Waals surface area contributed by atoms with E-state index in [9.17, 15) is 14.0 Å². The lowest BCUT2D eigenvalue weighted by atomic mass is 10.1. The number of anilines is 1. The van der Waals surface area contributed by atoms with Crippen LogP contribution < -0.4 is 15.0 Å². The highest BCUT2D eigenvalue weighted by atomic mass is 19.1. The molecule has 0 unspecified atom stereocenters. The van der Waals surface area contributed by atoms with Gasteiger partial charge in [-0.25, -0.2) is 4.39 Å². The topological polar surface area (TPSA) is 58.6 Å². The molecular formula is C20H21FN2O3. The lowest BCUT2D eigenvalue weighted by molar-refractivity contribution is -0.123. The van der Waals surface area contributed by atoms with E-state index in [0.717, 1.165) is 5.56 Å². The first kappa shape index (κ1) is 17.9. The number of amides is 2. The van der Waals surface area contributed by atoms with Crippen LogP contribution in [0.2, 0.25) is 0 Å². The molecule has 26 heavy (non-hydrogen) atoms. The molecule has 0 saturated carbocycles. The molecule has 1 aliphatic rings. The van der Waals surface area contributed by atoms with Gasteiger partial charge in [-0.05, 0) is 43.3 Å². The number of nitrogens with zero attached hydrogens (tertiary/aromatic N) is 1. The average Bonchev–Trinajstić information content (AvgIpc) is 3.01. The summed E-state index contributed by atoms with van der Waals surface area (Å²) in [5, 5.41) is 2.81. The largest absolute Gasteiger partial charge is 0.484 e. The van der Waals surface area contributed by atoms with Gasteiger partial charge < -0.3 is 15.0 Å². The molecule has 1 fully saturated rings. The number of nitrogens with one attached hydrogen (secondary N) is 1. The average molecular weight is 356 g/mol. The molecule has 1 saturated heterocycles. The highest BCUT2D eigenvalue weighted by Crippen LogP contribution is 2.24. The van der Waals surface area contributed by atoms with Crippen LogP contribution in [-0.4, -0.2) is 31.5 Å². The van der Waals surface area contributed by atoms with Gasteiger partial charge in [-0.1, -0.05) is 17.7 Å². The van der Waals surface area contributed by atoms with Gasteiger partial charge in [0.25, 0.3) is 5.91 Å². The number of carbonyl (C=O) groups excluding carboxylic acids is 2.